The van der Waals surface area contributed by atoms with Gasteiger partial charge in [-0.15, -0.1) is 0 Å². The smallest absolute Gasteiger partial charge is 0.179 e. The zero-order valence-corrected chi connectivity index (χ0v) is 15.7. The molecule has 1 heterocycles. The number of hydrogen-bond acceptors (Lipinski definition) is 5. The van der Waals surface area contributed by atoms with E-state index in [1.54, 1.807) is 18.2 Å². The molecule has 0 unspecified atom stereocenters. The zero-order chi connectivity index (χ0) is 18.5. The Hall–Kier alpha value is -2.13. The summed E-state index contributed by atoms with van der Waals surface area (Å²) in [5, 5.41) is 9.60. The molecule has 26 heavy (non-hydrogen) atoms. The number of nitrogens with zero attached hydrogens (tertiary/aromatic N) is 2. The number of carbonyl (C=O) groups is 1. The topological polar surface area (TPSA) is 78.2 Å². The number of ketones is 1. The van der Waals surface area contributed by atoms with Gasteiger partial charge in [-0.3, -0.25) is 4.79 Å². The van der Waals surface area contributed by atoms with E-state index < -0.39 is 9.84 Å². The number of rotatable bonds is 2. The minimum absolute atomic E-state index is 0.156. The van der Waals surface area contributed by atoms with Crippen molar-refractivity contribution in [3.05, 3.63) is 34.9 Å². The molecule has 0 amide bonds. The highest BCUT2D eigenvalue weighted by atomic mass is 32.2. The Bertz CT molecular complexity index is 955. The van der Waals surface area contributed by atoms with Crippen molar-refractivity contribution in [3.63, 3.8) is 0 Å². The van der Waals surface area contributed by atoms with E-state index in [1.165, 1.54) is 25.5 Å². The van der Waals surface area contributed by atoms with Gasteiger partial charge in [0.05, 0.1) is 10.6 Å². The normalized spacial score (nSPS) is 22.0. The van der Waals surface area contributed by atoms with Crippen LogP contribution in [0.5, 0.6) is 0 Å². The van der Waals surface area contributed by atoms with Crippen molar-refractivity contribution in [3.8, 4) is 6.07 Å². The van der Waals surface area contributed by atoms with Gasteiger partial charge in [-0.25, -0.2) is 8.42 Å². The number of carbonyl (C=O) groups excluding carboxylic acids is 1. The standard InChI is InChI=1S/C20H22N2O3S/c1-26(24,25)15-4-3-14-11-18(23)17(13-21)19(16(14)12-15)22-9-7-20(8-10-22)5-2-6-20/h3-4,12H,2,5-11H2,1H3. The Morgan fingerprint density at radius 3 is 2.38 bits per heavy atom. The van der Waals surface area contributed by atoms with Crippen LogP contribution in [0.2, 0.25) is 0 Å². The molecule has 1 saturated heterocycles. The van der Waals surface area contributed by atoms with Gasteiger partial charge in [0.2, 0.25) is 0 Å². The highest BCUT2D eigenvalue weighted by Crippen LogP contribution is 2.50. The molecule has 2 fully saturated rings. The summed E-state index contributed by atoms with van der Waals surface area (Å²) in [6.45, 7) is 1.63. The molecule has 1 aromatic rings. The van der Waals surface area contributed by atoms with Gasteiger partial charge in [0.25, 0.3) is 0 Å². The molecule has 4 rings (SSSR count). The number of piperidine rings is 1. The van der Waals surface area contributed by atoms with Gasteiger partial charge in [0.15, 0.2) is 15.6 Å². The van der Waals surface area contributed by atoms with E-state index in [2.05, 4.69) is 11.0 Å². The molecule has 1 saturated carbocycles. The molecule has 1 aromatic carbocycles. The van der Waals surface area contributed by atoms with Crippen molar-refractivity contribution < 1.29 is 13.2 Å². The van der Waals surface area contributed by atoms with Crippen LogP contribution in [0.1, 0.15) is 43.2 Å². The van der Waals surface area contributed by atoms with Crippen molar-refractivity contribution in [2.24, 2.45) is 5.41 Å². The van der Waals surface area contributed by atoms with Crippen molar-refractivity contribution in [1.29, 1.82) is 5.26 Å². The van der Waals surface area contributed by atoms with Gasteiger partial charge in [0.1, 0.15) is 11.6 Å². The lowest BCUT2D eigenvalue weighted by molar-refractivity contribution is -0.114. The van der Waals surface area contributed by atoms with Gasteiger partial charge >= 0.3 is 0 Å². The third kappa shape index (κ3) is 2.75. The second kappa shape index (κ2) is 5.95. The van der Waals surface area contributed by atoms with Crippen LogP contribution in [0.3, 0.4) is 0 Å². The first-order valence-electron chi connectivity index (χ1n) is 9.09. The van der Waals surface area contributed by atoms with Crippen molar-refractivity contribution in [2.75, 3.05) is 19.3 Å². The lowest BCUT2D eigenvalue weighted by Crippen LogP contribution is -2.43. The molecular formula is C20H22N2O3S. The fourth-order valence-corrected chi connectivity index (χ4v) is 5.16. The first kappa shape index (κ1) is 17.3. The first-order chi connectivity index (χ1) is 12.3. The molecule has 0 aromatic heterocycles. The molecule has 1 spiro atoms. The summed E-state index contributed by atoms with van der Waals surface area (Å²) in [6.07, 6.45) is 7.33. The van der Waals surface area contributed by atoms with E-state index in [0.717, 1.165) is 37.1 Å². The molecule has 3 aliphatic rings. The number of nitriles is 1. The molecule has 0 N–H and O–H groups in total. The Balaban J connectivity index is 1.78. The van der Waals surface area contributed by atoms with Crippen LogP contribution in [-0.4, -0.2) is 38.4 Å². The Morgan fingerprint density at radius 1 is 1.15 bits per heavy atom. The quantitative estimate of drug-likeness (QED) is 0.800. The molecule has 5 nitrogen and oxygen atoms in total. The van der Waals surface area contributed by atoms with E-state index in [1.807, 2.05) is 0 Å². The monoisotopic (exact) mass is 370 g/mol. The van der Waals surface area contributed by atoms with Crippen LogP contribution in [-0.2, 0) is 21.1 Å². The average Bonchev–Trinajstić information content (AvgIpc) is 2.58. The Kier molecular flexibility index (Phi) is 3.96. The lowest BCUT2D eigenvalue weighted by Gasteiger charge is -2.49. The van der Waals surface area contributed by atoms with Crippen LogP contribution in [0.15, 0.2) is 28.7 Å². The molecular weight excluding hydrogens is 348 g/mol. The maximum absolute atomic E-state index is 12.5. The SMILES string of the molecule is CS(=O)(=O)c1ccc2c(c1)C(N1CCC3(CCC3)CC1)=C(C#N)C(=O)C2. The average molecular weight is 370 g/mol. The minimum atomic E-state index is -3.35. The highest BCUT2D eigenvalue weighted by molar-refractivity contribution is 7.90. The second-order valence-corrected chi connectivity index (χ2v) is 9.88. The summed E-state index contributed by atoms with van der Waals surface area (Å²) in [6, 6.07) is 6.99. The third-order valence-electron chi connectivity index (χ3n) is 6.30. The number of hydrogen-bond donors (Lipinski definition) is 0. The van der Waals surface area contributed by atoms with Crippen molar-refractivity contribution >= 4 is 21.3 Å². The fourth-order valence-electron chi connectivity index (χ4n) is 4.51. The fraction of sp³-hybridized carbons (Fsp3) is 0.500. The van der Waals surface area contributed by atoms with Crippen LogP contribution in [0.4, 0.5) is 0 Å². The van der Waals surface area contributed by atoms with Crippen LogP contribution < -0.4 is 0 Å². The summed E-state index contributed by atoms with van der Waals surface area (Å²) in [7, 11) is -3.35. The Labute approximate surface area is 154 Å². The molecule has 0 bridgehead atoms. The van der Waals surface area contributed by atoms with Crippen molar-refractivity contribution in [2.45, 2.75) is 43.4 Å². The number of allylic oxidation sites excluding steroid dienone is 1. The largest absolute Gasteiger partial charge is 0.370 e. The van der Waals surface area contributed by atoms with E-state index >= 15 is 0 Å². The molecule has 0 atom stereocenters. The zero-order valence-electron chi connectivity index (χ0n) is 14.9. The molecule has 136 valence electrons. The predicted octanol–water partition coefficient (Wildman–Crippen LogP) is 2.72. The summed E-state index contributed by atoms with van der Waals surface area (Å²) < 4.78 is 24.0. The second-order valence-electron chi connectivity index (χ2n) is 7.87. The molecule has 0 radical (unpaired) electrons. The van der Waals surface area contributed by atoms with Crippen LogP contribution >= 0.6 is 0 Å². The lowest BCUT2D eigenvalue weighted by atomic mass is 9.63. The van der Waals surface area contributed by atoms with Crippen molar-refractivity contribution in [1.82, 2.24) is 4.90 Å². The van der Waals surface area contributed by atoms with Crippen LogP contribution in [0.25, 0.3) is 5.70 Å². The van der Waals surface area contributed by atoms with Gasteiger partial charge in [-0.2, -0.15) is 5.26 Å². The Morgan fingerprint density at radius 2 is 1.85 bits per heavy atom. The van der Waals surface area contributed by atoms with Crippen LogP contribution in [0, 0.1) is 16.7 Å². The molecule has 6 heteroatoms. The number of sulfone groups is 1. The molecule has 1 aliphatic heterocycles. The number of Topliss-reactive ketones (excluding diaryl/α,β-unsaturated/α-hetero) is 1. The summed E-state index contributed by atoms with van der Waals surface area (Å²) >= 11 is 0. The van der Waals surface area contributed by atoms with E-state index in [0.29, 0.717) is 11.1 Å². The van der Waals surface area contributed by atoms with Gasteiger partial charge in [-0.1, -0.05) is 12.5 Å². The third-order valence-corrected chi connectivity index (χ3v) is 7.41. The minimum Gasteiger partial charge on any atom is -0.370 e. The van der Waals surface area contributed by atoms with Gasteiger partial charge in [-0.05, 0) is 48.8 Å². The maximum atomic E-state index is 12.5. The summed E-state index contributed by atoms with van der Waals surface area (Å²) in [4.78, 5) is 14.9. The molecule has 2 aliphatic carbocycles. The summed E-state index contributed by atoms with van der Waals surface area (Å²) in [5.41, 5.74) is 2.81. The van der Waals surface area contributed by atoms with Gasteiger partial charge < -0.3 is 4.90 Å². The first-order valence-corrected chi connectivity index (χ1v) is 11.0. The van der Waals surface area contributed by atoms with E-state index in [9.17, 15) is 18.5 Å². The van der Waals surface area contributed by atoms with E-state index in [4.69, 9.17) is 0 Å². The summed E-state index contributed by atoms with van der Waals surface area (Å²) in [5.74, 6) is -0.175. The number of benzene rings is 1. The maximum Gasteiger partial charge on any atom is 0.179 e. The van der Waals surface area contributed by atoms with E-state index in [-0.39, 0.29) is 22.7 Å². The number of fused-ring (bicyclic) bond motifs is 1. The predicted molar refractivity (Wildman–Crippen MR) is 97.9 cm³/mol. The highest BCUT2D eigenvalue weighted by Gasteiger charge is 2.41. The number of likely N-dealkylation sites (tertiary alicyclic amines) is 1. The van der Waals surface area contributed by atoms with Gasteiger partial charge in [0, 0.05) is 31.3 Å².